The van der Waals surface area contributed by atoms with Gasteiger partial charge in [0.15, 0.2) is 5.78 Å². The molecule has 1 aromatic rings. The zero-order valence-electron chi connectivity index (χ0n) is 8.50. The maximum Gasteiger partial charge on any atom is 0.221 e. The van der Waals surface area contributed by atoms with Crippen LogP contribution in [0, 0.1) is 11.3 Å². The molecule has 1 amide bonds. The summed E-state index contributed by atoms with van der Waals surface area (Å²) in [6, 6.07) is 6.49. The van der Waals surface area contributed by atoms with Crippen molar-refractivity contribution in [3.05, 3.63) is 29.3 Å². The molecule has 0 spiro atoms. The maximum atomic E-state index is 11.1. The standard InChI is InChI=1S/C11H10N2O2/c1-7(14)10-3-9(6-12)4-11(5-10)13-8(2)15/h3-5H,1-2H3,(H,13,15). The third kappa shape index (κ3) is 2.92. The minimum atomic E-state index is -0.236. The fourth-order valence-corrected chi connectivity index (χ4v) is 1.17. The van der Waals surface area contributed by atoms with Gasteiger partial charge in [0.1, 0.15) is 0 Å². The van der Waals surface area contributed by atoms with Crippen molar-refractivity contribution in [2.24, 2.45) is 0 Å². The monoisotopic (exact) mass is 202 g/mol. The maximum absolute atomic E-state index is 11.1. The highest BCUT2D eigenvalue weighted by Crippen LogP contribution is 2.15. The minimum Gasteiger partial charge on any atom is -0.326 e. The number of nitriles is 1. The second kappa shape index (κ2) is 4.38. The number of carbonyl (C=O) groups is 2. The predicted octanol–water partition coefficient (Wildman–Crippen LogP) is 1.72. The van der Waals surface area contributed by atoms with Crippen LogP contribution in [-0.2, 0) is 4.79 Å². The van der Waals surface area contributed by atoms with E-state index in [4.69, 9.17) is 5.26 Å². The van der Waals surface area contributed by atoms with Crippen molar-refractivity contribution in [2.75, 3.05) is 5.32 Å². The van der Waals surface area contributed by atoms with Crippen molar-refractivity contribution in [2.45, 2.75) is 13.8 Å². The second-order valence-corrected chi connectivity index (χ2v) is 3.15. The van der Waals surface area contributed by atoms with E-state index >= 15 is 0 Å². The van der Waals surface area contributed by atoms with E-state index in [1.165, 1.54) is 26.0 Å². The molecule has 0 saturated carbocycles. The molecule has 0 fully saturated rings. The number of nitrogens with one attached hydrogen (secondary N) is 1. The Morgan fingerprint density at radius 1 is 1.27 bits per heavy atom. The van der Waals surface area contributed by atoms with Crippen LogP contribution < -0.4 is 5.32 Å². The quantitative estimate of drug-likeness (QED) is 0.742. The number of carbonyl (C=O) groups excluding carboxylic acids is 2. The van der Waals surface area contributed by atoms with Crippen LogP contribution in [0.1, 0.15) is 29.8 Å². The number of nitrogens with zero attached hydrogens (tertiary/aromatic N) is 1. The topological polar surface area (TPSA) is 70.0 Å². The zero-order valence-corrected chi connectivity index (χ0v) is 8.50. The molecule has 15 heavy (non-hydrogen) atoms. The average molecular weight is 202 g/mol. The van der Waals surface area contributed by atoms with E-state index in [9.17, 15) is 9.59 Å². The van der Waals surface area contributed by atoms with Crippen molar-refractivity contribution >= 4 is 17.4 Å². The highest BCUT2D eigenvalue weighted by molar-refractivity contribution is 5.97. The molecule has 0 aliphatic rings. The molecule has 0 aliphatic heterocycles. The molecular weight excluding hydrogens is 192 g/mol. The van der Waals surface area contributed by atoms with Gasteiger partial charge in [-0.3, -0.25) is 9.59 Å². The molecule has 0 aromatic heterocycles. The molecule has 4 nitrogen and oxygen atoms in total. The van der Waals surface area contributed by atoms with Gasteiger partial charge in [-0.25, -0.2) is 0 Å². The largest absolute Gasteiger partial charge is 0.326 e. The Bertz CT molecular complexity index is 458. The highest BCUT2D eigenvalue weighted by Gasteiger charge is 2.05. The number of ketones is 1. The van der Waals surface area contributed by atoms with Gasteiger partial charge in [-0.2, -0.15) is 5.26 Å². The second-order valence-electron chi connectivity index (χ2n) is 3.15. The Kier molecular flexibility index (Phi) is 3.19. The third-order valence-electron chi connectivity index (χ3n) is 1.79. The van der Waals surface area contributed by atoms with Gasteiger partial charge in [-0.15, -0.1) is 0 Å². The molecule has 0 unspecified atom stereocenters. The van der Waals surface area contributed by atoms with E-state index in [1.807, 2.05) is 6.07 Å². The van der Waals surface area contributed by atoms with E-state index in [0.29, 0.717) is 16.8 Å². The van der Waals surface area contributed by atoms with Crippen LogP contribution in [0.25, 0.3) is 0 Å². The van der Waals surface area contributed by atoms with Crippen LogP contribution in [0.3, 0.4) is 0 Å². The van der Waals surface area contributed by atoms with Crippen LogP contribution in [0.2, 0.25) is 0 Å². The van der Waals surface area contributed by atoms with Gasteiger partial charge >= 0.3 is 0 Å². The van der Waals surface area contributed by atoms with E-state index < -0.39 is 0 Å². The predicted molar refractivity (Wildman–Crippen MR) is 55.5 cm³/mol. The summed E-state index contributed by atoms with van der Waals surface area (Å²) in [6.45, 7) is 2.78. The Morgan fingerprint density at radius 2 is 1.93 bits per heavy atom. The van der Waals surface area contributed by atoms with Crippen LogP contribution in [0.5, 0.6) is 0 Å². The summed E-state index contributed by atoms with van der Waals surface area (Å²) in [7, 11) is 0. The minimum absolute atomic E-state index is 0.140. The molecule has 0 saturated heterocycles. The number of benzene rings is 1. The van der Waals surface area contributed by atoms with Gasteiger partial charge in [-0.1, -0.05) is 0 Å². The lowest BCUT2D eigenvalue weighted by Crippen LogP contribution is -2.07. The van der Waals surface area contributed by atoms with E-state index in [0.717, 1.165) is 0 Å². The highest BCUT2D eigenvalue weighted by atomic mass is 16.1. The Labute approximate surface area is 87.5 Å². The smallest absolute Gasteiger partial charge is 0.221 e. The van der Waals surface area contributed by atoms with Crippen LogP contribution in [0.15, 0.2) is 18.2 Å². The number of anilines is 1. The number of rotatable bonds is 2. The van der Waals surface area contributed by atoms with Gasteiger partial charge in [0.2, 0.25) is 5.91 Å². The molecule has 1 N–H and O–H groups in total. The van der Waals surface area contributed by atoms with Gasteiger partial charge < -0.3 is 5.32 Å². The van der Waals surface area contributed by atoms with Gasteiger partial charge in [0.25, 0.3) is 0 Å². The summed E-state index contributed by atoms with van der Waals surface area (Å²) in [5.41, 5.74) is 1.23. The van der Waals surface area contributed by atoms with Crippen LogP contribution in [0.4, 0.5) is 5.69 Å². The first-order valence-corrected chi connectivity index (χ1v) is 4.36. The Balaban J connectivity index is 3.18. The molecular formula is C11H10N2O2. The van der Waals surface area contributed by atoms with Gasteiger partial charge in [0, 0.05) is 18.2 Å². The van der Waals surface area contributed by atoms with Crippen molar-refractivity contribution in [1.82, 2.24) is 0 Å². The van der Waals surface area contributed by atoms with E-state index in [-0.39, 0.29) is 11.7 Å². The molecule has 0 bridgehead atoms. The first-order chi connectivity index (χ1) is 7.02. The first-order valence-electron chi connectivity index (χ1n) is 4.36. The van der Waals surface area contributed by atoms with Crippen LogP contribution in [-0.4, -0.2) is 11.7 Å². The van der Waals surface area contributed by atoms with E-state index in [2.05, 4.69) is 5.32 Å². The SMILES string of the molecule is CC(=O)Nc1cc(C#N)cc(C(C)=O)c1. The summed E-state index contributed by atoms with van der Waals surface area (Å²) in [5.74, 6) is -0.377. The fraction of sp³-hybridized carbons (Fsp3) is 0.182. The molecule has 76 valence electrons. The number of hydrogen-bond acceptors (Lipinski definition) is 3. The molecule has 0 atom stereocenters. The van der Waals surface area contributed by atoms with Crippen molar-refractivity contribution < 1.29 is 9.59 Å². The first kappa shape index (κ1) is 10.9. The molecule has 0 radical (unpaired) electrons. The molecule has 1 rings (SSSR count). The Hall–Kier alpha value is -2.15. The molecule has 1 aromatic carbocycles. The summed E-state index contributed by atoms with van der Waals surface area (Å²) >= 11 is 0. The summed E-state index contributed by atoms with van der Waals surface area (Å²) < 4.78 is 0. The number of Topliss-reactive ketones (excluding diaryl/α,β-unsaturated/α-hetero) is 1. The van der Waals surface area contributed by atoms with E-state index in [1.54, 1.807) is 6.07 Å². The summed E-state index contributed by atoms with van der Waals surface area (Å²) in [4.78, 5) is 21.9. The summed E-state index contributed by atoms with van der Waals surface area (Å²) in [6.07, 6.45) is 0. The van der Waals surface area contributed by atoms with Gasteiger partial charge in [-0.05, 0) is 25.1 Å². The lowest BCUT2D eigenvalue weighted by atomic mass is 10.1. The van der Waals surface area contributed by atoms with Crippen molar-refractivity contribution in [3.8, 4) is 6.07 Å². The molecule has 0 heterocycles. The molecule has 4 heteroatoms. The van der Waals surface area contributed by atoms with Crippen molar-refractivity contribution in [3.63, 3.8) is 0 Å². The zero-order chi connectivity index (χ0) is 11.4. The average Bonchev–Trinajstić information content (AvgIpc) is 2.16. The fourth-order valence-electron chi connectivity index (χ4n) is 1.17. The van der Waals surface area contributed by atoms with Gasteiger partial charge in [0.05, 0.1) is 11.6 Å². The lowest BCUT2D eigenvalue weighted by Gasteiger charge is -2.04. The lowest BCUT2D eigenvalue weighted by molar-refractivity contribution is -0.114. The third-order valence-corrected chi connectivity index (χ3v) is 1.79. The molecule has 0 aliphatic carbocycles. The van der Waals surface area contributed by atoms with Crippen molar-refractivity contribution in [1.29, 1.82) is 5.26 Å². The normalized spacial score (nSPS) is 9.13. The summed E-state index contributed by atoms with van der Waals surface area (Å²) in [5, 5.41) is 11.3. The van der Waals surface area contributed by atoms with Crippen LogP contribution >= 0.6 is 0 Å². The number of hydrogen-bond donors (Lipinski definition) is 1. The number of amides is 1. The Morgan fingerprint density at radius 3 is 2.40 bits per heavy atom.